The SMILES string of the molecule is C#CCN(Cc1ccc2nc(CNC)[nH]c(=O)c2c1)c1ccc(C(=O)NCc2cccc([N+](=O)[O-])c2)cc1. The summed E-state index contributed by atoms with van der Waals surface area (Å²) in [6, 6.07) is 18.7. The Morgan fingerprint density at radius 3 is 2.61 bits per heavy atom. The van der Waals surface area contributed by atoms with Crippen molar-refractivity contribution in [3.63, 3.8) is 0 Å². The van der Waals surface area contributed by atoms with Gasteiger partial charge in [0.2, 0.25) is 0 Å². The normalized spacial score (nSPS) is 10.6. The van der Waals surface area contributed by atoms with Crippen LogP contribution in [-0.2, 0) is 19.6 Å². The molecule has 3 aromatic carbocycles. The van der Waals surface area contributed by atoms with E-state index in [4.69, 9.17) is 6.42 Å². The number of hydrogen-bond acceptors (Lipinski definition) is 7. The van der Waals surface area contributed by atoms with Gasteiger partial charge in [-0.3, -0.25) is 19.7 Å². The van der Waals surface area contributed by atoms with Crippen molar-refractivity contribution in [1.82, 2.24) is 20.6 Å². The molecule has 0 saturated heterocycles. The summed E-state index contributed by atoms with van der Waals surface area (Å²) in [7, 11) is 1.78. The number of nitrogens with one attached hydrogen (secondary N) is 3. The Morgan fingerprint density at radius 1 is 1.11 bits per heavy atom. The van der Waals surface area contributed by atoms with Crippen molar-refractivity contribution in [2.75, 3.05) is 18.5 Å². The lowest BCUT2D eigenvalue weighted by atomic mass is 10.1. The number of carbonyl (C=O) groups excluding carboxylic acids is 1. The number of amides is 1. The summed E-state index contributed by atoms with van der Waals surface area (Å²) in [6.45, 7) is 1.41. The van der Waals surface area contributed by atoms with Crippen LogP contribution in [0.5, 0.6) is 0 Å². The summed E-state index contributed by atoms with van der Waals surface area (Å²) in [5.41, 5.74) is 3.17. The molecule has 0 saturated carbocycles. The number of nitrogens with zero attached hydrogens (tertiary/aromatic N) is 3. The molecule has 0 bridgehead atoms. The van der Waals surface area contributed by atoms with Crippen LogP contribution in [0.4, 0.5) is 11.4 Å². The highest BCUT2D eigenvalue weighted by Gasteiger charge is 2.12. The van der Waals surface area contributed by atoms with Gasteiger partial charge >= 0.3 is 0 Å². The Labute approximate surface area is 218 Å². The molecule has 3 N–H and O–H groups in total. The first kappa shape index (κ1) is 26.1. The molecule has 1 aromatic heterocycles. The van der Waals surface area contributed by atoms with Crippen LogP contribution in [0.1, 0.15) is 27.3 Å². The molecular formula is C28H26N6O4. The standard InChI is InChI=1S/C28H26N6O4/c1-3-13-33(18-20-7-12-25-24(15-20)28(36)32-26(31-25)17-29-2)22-10-8-21(9-11-22)27(35)30-16-19-5-4-6-23(14-19)34(37)38/h1,4-12,14-15,29H,13,16-18H2,2H3,(H,30,35)(H,31,32,36). The number of anilines is 1. The van der Waals surface area contributed by atoms with Crippen LogP contribution in [-0.4, -0.2) is 34.4 Å². The fourth-order valence-electron chi connectivity index (χ4n) is 4.04. The average molecular weight is 511 g/mol. The van der Waals surface area contributed by atoms with Gasteiger partial charge in [-0.2, -0.15) is 0 Å². The Balaban J connectivity index is 1.46. The third-order valence-corrected chi connectivity index (χ3v) is 5.89. The predicted octanol–water partition coefficient (Wildman–Crippen LogP) is 3.12. The quantitative estimate of drug-likeness (QED) is 0.170. The zero-order chi connectivity index (χ0) is 27.1. The van der Waals surface area contributed by atoms with E-state index in [1.54, 1.807) is 43.4 Å². The smallest absolute Gasteiger partial charge is 0.269 e. The lowest BCUT2D eigenvalue weighted by Gasteiger charge is -2.23. The van der Waals surface area contributed by atoms with Crippen molar-refractivity contribution in [3.8, 4) is 12.3 Å². The van der Waals surface area contributed by atoms with Gasteiger partial charge in [-0.25, -0.2) is 4.98 Å². The largest absolute Gasteiger partial charge is 0.356 e. The molecule has 38 heavy (non-hydrogen) atoms. The maximum atomic E-state index is 12.6. The minimum absolute atomic E-state index is 0.0273. The molecule has 0 aliphatic rings. The summed E-state index contributed by atoms with van der Waals surface area (Å²) in [5, 5.41) is 17.2. The second-order valence-electron chi connectivity index (χ2n) is 8.61. The van der Waals surface area contributed by atoms with Gasteiger partial charge in [0, 0.05) is 36.5 Å². The number of aromatic amines is 1. The second-order valence-corrected chi connectivity index (χ2v) is 8.61. The topological polar surface area (TPSA) is 133 Å². The second kappa shape index (κ2) is 11.8. The van der Waals surface area contributed by atoms with E-state index in [2.05, 4.69) is 26.5 Å². The molecule has 0 fully saturated rings. The van der Waals surface area contributed by atoms with Gasteiger partial charge in [-0.1, -0.05) is 24.1 Å². The van der Waals surface area contributed by atoms with Gasteiger partial charge in [0.25, 0.3) is 17.2 Å². The third kappa shape index (κ3) is 6.21. The first-order valence-electron chi connectivity index (χ1n) is 11.8. The first-order chi connectivity index (χ1) is 18.4. The number of hydrogen-bond donors (Lipinski definition) is 3. The maximum absolute atomic E-state index is 12.6. The number of aromatic nitrogens is 2. The van der Waals surface area contributed by atoms with Gasteiger partial charge in [0.05, 0.1) is 28.9 Å². The summed E-state index contributed by atoms with van der Waals surface area (Å²) < 4.78 is 0. The lowest BCUT2D eigenvalue weighted by molar-refractivity contribution is -0.384. The van der Waals surface area contributed by atoms with E-state index in [1.165, 1.54) is 12.1 Å². The number of fused-ring (bicyclic) bond motifs is 1. The van der Waals surface area contributed by atoms with Crippen molar-refractivity contribution in [2.24, 2.45) is 0 Å². The van der Waals surface area contributed by atoms with Gasteiger partial charge in [0.15, 0.2) is 0 Å². The van der Waals surface area contributed by atoms with Crippen LogP contribution in [0.2, 0.25) is 0 Å². The molecule has 4 aromatic rings. The van der Waals surface area contributed by atoms with Crippen molar-refractivity contribution in [2.45, 2.75) is 19.6 Å². The van der Waals surface area contributed by atoms with E-state index in [1.807, 2.05) is 23.1 Å². The molecule has 1 amide bonds. The van der Waals surface area contributed by atoms with Crippen LogP contribution in [0.3, 0.4) is 0 Å². The van der Waals surface area contributed by atoms with Crippen LogP contribution >= 0.6 is 0 Å². The number of H-pyrrole nitrogens is 1. The summed E-state index contributed by atoms with van der Waals surface area (Å²) >= 11 is 0. The molecule has 192 valence electrons. The summed E-state index contributed by atoms with van der Waals surface area (Å²) in [6.07, 6.45) is 5.61. The number of rotatable bonds is 10. The van der Waals surface area contributed by atoms with Crippen LogP contribution < -0.4 is 21.1 Å². The van der Waals surface area contributed by atoms with Gasteiger partial charge in [-0.15, -0.1) is 6.42 Å². The fourth-order valence-corrected chi connectivity index (χ4v) is 4.04. The van der Waals surface area contributed by atoms with Gasteiger partial charge < -0.3 is 20.5 Å². The van der Waals surface area contributed by atoms with Crippen LogP contribution in [0.25, 0.3) is 10.9 Å². The molecule has 0 aliphatic carbocycles. The van der Waals surface area contributed by atoms with Crippen molar-refractivity contribution >= 4 is 28.2 Å². The summed E-state index contributed by atoms with van der Waals surface area (Å²) in [5.74, 6) is 2.93. The number of non-ortho nitro benzene ring substituents is 1. The molecule has 10 heteroatoms. The van der Waals surface area contributed by atoms with E-state index >= 15 is 0 Å². The molecule has 0 unspecified atom stereocenters. The zero-order valence-electron chi connectivity index (χ0n) is 20.7. The molecule has 0 atom stereocenters. The van der Waals surface area contributed by atoms with Crippen LogP contribution in [0.15, 0.2) is 71.5 Å². The molecule has 4 rings (SSSR count). The highest BCUT2D eigenvalue weighted by Crippen LogP contribution is 2.20. The van der Waals surface area contributed by atoms with Crippen LogP contribution in [0, 0.1) is 22.5 Å². The molecular weight excluding hydrogens is 484 g/mol. The van der Waals surface area contributed by atoms with Gasteiger partial charge in [-0.05, 0) is 54.6 Å². The summed E-state index contributed by atoms with van der Waals surface area (Å²) in [4.78, 5) is 44.9. The molecule has 10 nitrogen and oxygen atoms in total. The van der Waals surface area contributed by atoms with E-state index in [9.17, 15) is 19.7 Å². The lowest BCUT2D eigenvalue weighted by Crippen LogP contribution is -2.24. The highest BCUT2D eigenvalue weighted by atomic mass is 16.6. The Kier molecular flexibility index (Phi) is 8.10. The number of benzene rings is 3. The maximum Gasteiger partial charge on any atom is 0.269 e. The zero-order valence-corrected chi connectivity index (χ0v) is 20.7. The molecule has 0 radical (unpaired) electrons. The number of terminal acetylenes is 1. The first-order valence-corrected chi connectivity index (χ1v) is 11.8. The number of nitro groups is 1. The number of carbonyl (C=O) groups is 1. The predicted molar refractivity (Wildman–Crippen MR) is 146 cm³/mol. The van der Waals surface area contributed by atoms with E-state index in [0.717, 1.165) is 11.3 Å². The monoisotopic (exact) mass is 510 g/mol. The fraction of sp³-hybridized carbons (Fsp3) is 0.179. The third-order valence-electron chi connectivity index (χ3n) is 5.89. The van der Waals surface area contributed by atoms with E-state index < -0.39 is 4.92 Å². The number of nitro benzene ring substituents is 1. The molecule has 1 heterocycles. The minimum atomic E-state index is -0.472. The Morgan fingerprint density at radius 2 is 1.89 bits per heavy atom. The average Bonchev–Trinajstić information content (AvgIpc) is 2.92. The molecule has 0 aliphatic heterocycles. The Bertz CT molecular complexity index is 1570. The van der Waals surface area contributed by atoms with Gasteiger partial charge in [0.1, 0.15) is 5.82 Å². The van der Waals surface area contributed by atoms with E-state index in [0.29, 0.717) is 47.5 Å². The van der Waals surface area contributed by atoms with Crippen molar-refractivity contribution in [3.05, 3.63) is 110 Å². The molecule has 0 spiro atoms. The van der Waals surface area contributed by atoms with Crippen molar-refractivity contribution in [1.29, 1.82) is 0 Å². The van der Waals surface area contributed by atoms with Crippen molar-refractivity contribution < 1.29 is 9.72 Å². The Hall–Kier alpha value is -5.01. The minimum Gasteiger partial charge on any atom is -0.356 e. The highest BCUT2D eigenvalue weighted by molar-refractivity contribution is 5.94. The van der Waals surface area contributed by atoms with E-state index in [-0.39, 0.29) is 23.7 Å².